The quantitative estimate of drug-likeness (QED) is 0.734. The number of rotatable bonds is 5. The van der Waals surface area contributed by atoms with Crippen LogP contribution in [0.25, 0.3) is 0 Å². The summed E-state index contributed by atoms with van der Waals surface area (Å²) in [4.78, 5) is 30.7. The predicted molar refractivity (Wildman–Crippen MR) is 116 cm³/mol. The van der Waals surface area contributed by atoms with Crippen LogP contribution in [0.15, 0.2) is 58.4 Å². The Bertz CT molecular complexity index is 1150. The number of hydrogen-bond acceptors (Lipinski definition) is 6. The van der Waals surface area contributed by atoms with Gasteiger partial charge in [-0.25, -0.2) is 8.42 Å². The number of fused-ring (bicyclic) bond motifs is 1. The molecule has 4 rings (SSSR count). The minimum atomic E-state index is -3.80. The Morgan fingerprint density at radius 1 is 1.13 bits per heavy atom. The zero-order valence-electron chi connectivity index (χ0n) is 16.7. The van der Waals surface area contributed by atoms with E-state index in [0.717, 1.165) is 6.42 Å². The van der Waals surface area contributed by atoms with Gasteiger partial charge in [0.15, 0.2) is 0 Å². The average molecular weight is 442 g/mol. The second kappa shape index (κ2) is 8.76. The van der Waals surface area contributed by atoms with Gasteiger partial charge in [0.1, 0.15) is 18.1 Å². The van der Waals surface area contributed by atoms with Gasteiger partial charge in [-0.05, 0) is 36.8 Å². The van der Waals surface area contributed by atoms with E-state index in [1.807, 2.05) is 0 Å². The fraction of sp³-hybridized carbons (Fsp3) is 0.286. The summed E-state index contributed by atoms with van der Waals surface area (Å²) in [6.07, 6.45) is 1.56. The highest BCUT2D eigenvalue weighted by Crippen LogP contribution is 2.30. The van der Waals surface area contributed by atoms with Crippen LogP contribution < -0.4 is 19.7 Å². The van der Waals surface area contributed by atoms with Gasteiger partial charge in [0.25, 0.3) is 10.0 Å². The van der Waals surface area contributed by atoms with Crippen LogP contribution in [0.3, 0.4) is 0 Å². The normalized spacial score (nSPS) is 16.1. The summed E-state index contributed by atoms with van der Waals surface area (Å²) in [5, 5.41) is 2.67. The van der Waals surface area contributed by atoms with Gasteiger partial charge in [-0.3, -0.25) is 24.2 Å². The number of hydrogen-bond donors (Lipinski definition) is 2. The summed E-state index contributed by atoms with van der Waals surface area (Å²) in [5.41, 5.74) is 0.839. The number of sulfonamides is 1. The predicted octanol–water partition coefficient (Wildman–Crippen LogP) is 1.91. The molecule has 2 aliphatic rings. The third-order valence-corrected chi connectivity index (χ3v) is 6.27. The molecule has 10 heteroatoms. The van der Waals surface area contributed by atoms with Crippen LogP contribution >= 0.6 is 0 Å². The van der Waals surface area contributed by atoms with Gasteiger partial charge < -0.3 is 10.1 Å². The number of para-hydroxylation sites is 2. The highest BCUT2D eigenvalue weighted by Gasteiger charge is 2.25. The van der Waals surface area contributed by atoms with Crippen molar-refractivity contribution in [2.45, 2.75) is 24.2 Å². The van der Waals surface area contributed by atoms with E-state index < -0.39 is 15.9 Å². The van der Waals surface area contributed by atoms with Gasteiger partial charge in [0.2, 0.25) is 11.8 Å². The molecule has 0 fully saturated rings. The molecule has 0 aromatic heterocycles. The topological polar surface area (TPSA) is 117 Å². The molecule has 31 heavy (non-hydrogen) atoms. The number of nitrogens with one attached hydrogen (secondary N) is 2. The number of carbonyl (C=O) groups is 2. The van der Waals surface area contributed by atoms with Gasteiger partial charge in [0.05, 0.1) is 23.6 Å². The van der Waals surface area contributed by atoms with E-state index in [4.69, 9.17) is 4.74 Å². The fourth-order valence-corrected chi connectivity index (χ4v) is 4.55. The molecule has 2 amide bonds. The smallest absolute Gasteiger partial charge is 0.262 e. The van der Waals surface area contributed by atoms with Crippen molar-refractivity contribution >= 4 is 39.0 Å². The highest BCUT2D eigenvalue weighted by molar-refractivity contribution is 7.90. The average Bonchev–Trinajstić information content (AvgIpc) is 3.19. The molecule has 0 saturated carbocycles. The third-order valence-electron chi connectivity index (χ3n) is 4.89. The molecule has 0 aliphatic carbocycles. The molecule has 0 atom stereocenters. The molecule has 2 aromatic carbocycles. The molecule has 2 heterocycles. The number of ether oxygens (including phenoxy) is 1. The minimum absolute atomic E-state index is 0.0181. The standard InChI is InChI=1S/C21H22N4O5S/c26-20(14-25-17-7-1-2-8-18(17)30-12-10-21(25)27)23-15-5-3-6-16(13-15)31(28,29)24-19-9-4-11-22-19/h1-3,5-8,13H,4,9-12,14H2,(H,22,24)(H,23,26). The van der Waals surface area contributed by atoms with Gasteiger partial charge in [-0.2, -0.15) is 0 Å². The fourth-order valence-electron chi connectivity index (χ4n) is 3.42. The molecular weight excluding hydrogens is 420 g/mol. The first-order chi connectivity index (χ1) is 14.9. The summed E-state index contributed by atoms with van der Waals surface area (Å²) < 4.78 is 33.2. The first-order valence-corrected chi connectivity index (χ1v) is 11.4. The van der Waals surface area contributed by atoms with E-state index in [0.29, 0.717) is 35.9 Å². The molecule has 162 valence electrons. The molecule has 9 nitrogen and oxygen atoms in total. The molecular formula is C21H22N4O5S. The van der Waals surface area contributed by atoms with Crippen LogP contribution in [-0.4, -0.2) is 45.8 Å². The summed E-state index contributed by atoms with van der Waals surface area (Å²) in [6.45, 7) is 0.634. The van der Waals surface area contributed by atoms with Crippen LogP contribution in [0.5, 0.6) is 5.75 Å². The largest absolute Gasteiger partial charge is 0.491 e. The monoisotopic (exact) mass is 442 g/mol. The first kappa shape index (κ1) is 20.9. The van der Waals surface area contributed by atoms with Gasteiger partial charge >= 0.3 is 0 Å². The summed E-state index contributed by atoms with van der Waals surface area (Å²) in [6, 6.07) is 13.0. The van der Waals surface area contributed by atoms with E-state index >= 15 is 0 Å². The first-order valence-electron chi connectivity index (χ1n) is 9.91. The Hall–Kier alpha value is -3.40. The summed E-state index contributed by atoms with van der Waals surface area (Å²) >= 11 is 0. The number of amidine groups is 1. The van der Waals surface area contributed by atoms with Crippen molar-refractivity contribution in [2.75, 3.05) is 29.9 Å². The van der Waals surface area contributed by atoms with E-state index in [1.165, 1.54) is 17.0 Å². The molecule has 2 aliphatic heterocycles. The van der Waals surface area contributed by atoms with Crippen LogP contribution in [0.1, 0.15) is 19.3 Å². The highest BCUT2D eigenvalue weighted by atomic mass is 32.2. The maximum Gasteiger partial charge on any atom is 0.262 e. The van der Waals surface area contributed by atoms with Crippen LogP contribution in [0.4, 0.5) is 11.4 Å². The number of aliphatic imine (C=N–C) groups is 1. The van der Waals surface area contributed by atoms with E-state index in [-0.39, 0.29) is 30.4 Å². The van der Waals surface area contributed by atoms with Crippen molar-refractivity contribution in [2.24, 2.45) is 4.99 Å². The zero-order chi connectivity index (χ0) is 21.8. The minimum Gasteiger partial charge on any atom is -0.491 e. The lowest BCUT2D eigenvalue weighted by atomic mass is 10.2. The van der Waals surface area contributed by atoms with Crippen LogP contribution in [0, 0.1) is 0 Å². The summed E-state index contributed by atoms with van der Waals surface area (Å²) in [7, 11) is -3.80. The Labute approximate surface area is 180 Å². The maximum atomic E-state index is 12.7. The maximum absolute atomic E-state index is 12.7. The van der Waals surface area contributed by atoms with Gasteiger partial charge in [-0.15, -0.1) is 0 Å². The lowest BCUT2D eigenvalue weighted by Crippen LogP contribution is -2.37. The Kier molecular flexibility index (Phi) is 5.90. The van der Waals surface area contributed by atoms with Crippen LogP contribution in [-0.2, 0) is 19.6 Å². The van der Waals surface area contributed by atoms with Crippen LogP contribution in [0.2, 0.25) is 0 Å². The van der Waals surface area contributed by atoms with Crippen molar-refractivity contribution in [3.63, 3.8) is 0 Å². The second-order valence-corrected chi connectivity index (χ2v) is 8.84. The molecule has 0 spiro atoms. The van der Waals surface area contributed by atoms with Crippen molar-refractivity contribution in [3.05, 3.63) is 48.5 Å². The number of benzene rings is 2. The van der Waals surface area contributed by atoms with E-state index in [9.17, 15) is 18.0 Å². The Morgan fingerprint density at radius 3 is 2.77 bits per heavy atom. The number of amides is 2. The molecule has 0 unspecified atom stereocenters. The Morgan fingerprint density at radius 2 is 1.97 bits per heavy atom. The molecule has 0 saturated heterocycles. The molecule has 0 radical (unpaired) electrons. The van der Waals surface area contributed by atoms with Crippen molar-refractivity contribution < 1.29 is 22.7 Å². The van der Waals surface area contributed by atoms with E-state index in [1.54, 1.807) is 36.4 Å². The lowest BCUT2D eigenvalue weighted by molar-refractivity contribution is -0.121. The van der Waals surface area contributed by atoms with Crippen molar-refractivity contribution in [1.82, 2.24) is 4.72 Å². The van der Waals surface area contributed by atoms with Crippen molar-refractivity contribution in [1.29, 1.82) is 0 Å². The Balaban J connectivity index is 1.48. The lowest BCUT2D eigenvalue weighted by Gasteiger charge is -2.21. The third kappa shape index (κ3) is 4.85. The molecule has 2 aromatic rings. The molecule has 0 bridgehead atoms. The number of carbonyl (C=O) groups excluding carboxylic acids is 2. The molecule has 2 N–H and O–H groups in total. The van der Waals surface area contributed by atoms with E-state index in [2.05, 4.69) is 15.0 Å². The van der Waals surface area contributed by atoms with Gasteiger partial charge in [0, 0.05) is 18.7 Å². The van der Waals surface area contributed by atoms with Crippen molar-refractivity contribution in [3.8, 4) is 5.75 Å². The second-order valence-electron chi connectivity index (χ2n) is 7.16. The zero-order valence-corrected chi connectivity index (χ0v) is 17.5. The number of anilines is 2. The number of nitrogens with zero attached hydrogens (tertiary/aromatic N) is 2. The van der Waals surface area contributed by atoms with Gasteiger partial charge in [-0.1, -0.05) is 18.2 Å². The SMILES string of the molecule is O=C(CN1C(=O)CCOc2ccccc21)Nc1cccc(S(=O)(=O)NC2=NCCC2)c1. The summed E-state index contributed by atoms with van der Waals surface area (Å²) in [5.74, 6) is 0.302.